The van der Waals surface area contributed by atoms with Crippen LogP contribution in [-0.4, -0.2) is 47.7 Å². The van der Waals surface area contributed by atoms with Gasteiger partial charge in [0, 0.05) is 25.2 Å². The van der Waals surface area contributed by atoms with Crippen molar-refractivity contribution in [2.24, 2.45) is 0 Å². The minimum absolute atomic E-state index is 0.0806. The molecular formula is C15H15N5O5S2. The molecule has 142 valence electrons. The predicted octanol–water partition coefficient (Wildman–Crippen LogP) is -0.147. The second-order valence-electron chi connectivity index (χ2n) is 5.72. The monoisotopic (exact) mass is 409 g/mol. The number of carbonyl (C=O) groups excluding carboxylic acids is 1. The Bertz CT molecular complexity index is 1240. The summed E-state index contributed by atoms with van der Waals surface area (Å²) in [7, 11) is -0.632. The SMILES string of the molecule is CN(C)S(=O)(=O)c1ccc(CNC(=O)c2cnc3[nH]c(=O)[nH]c(=O)c3c2)s1. The number of nitrogens with zero attached hydrogens (tertiary/aromatic N) is 2. The highest BCUT2D eigenvalue weighted by Crippen LogP contribution is 2.23. The molecule has 0 atom stereocenters. The van der Waals surface area contributed by atoms with Crippen molar-refractivity contribution in [3.05, 3.63) is 55.7 Å². The Morgan fingerprint density at radius 3 is 2.70 bits per heavy atom. The normalized spacial score (nSPS) is 11.8. The number of nitrogens with one attached hydrogen (secondary N) is 3. The molecule has 0 radical (unpaired) electrons. The van der Waals surface area contributed by atoms with Crippen LogP contribution in [0.1, 0.15) is 15.2 Å². The van der Waals surface area contributed by atoms with Crippen LogP contribution in [0.15, 0.2) is 38.2 Å². The molecule has 0 saturated heterocycles. The fraction of sp³-hybridized carbons (Fsp3) is 0.200. The zero-order valence-electron chi connectivity index (χ0n) is 14.3. The number of rotatable bonds is 5. The van der Waals surface area contributed by atoms with Gasteiger partial charge in [0.25, 0.3) is 21.5 Å². The van der Waals surface area contributed by atoms with Crippen molar-refractivity contribution in [3.8, 4) is 0 Å². The van der Waals surface area contributed by atoms with E-state index in [1.165, 1.54) is 32.4 Å². The summed E-state index contributed by atoms with van der Waals surface area (Å²) >= 11 is 1.06. The van der Waals surface area contributed by atoms with E-state index in [0.29, 0.717) is 4.88 Å². The first-order valence-corrected chi connectivity index (χ1v) is 9.86. The Balaban J connectivity index is 1.77. The molecule has 0 saturated carbocycles. The van der Waals surface area contributed by atoms with Gasteiger partial charge in [-0.1, -0.05) is 0 Å². The number of aromatic amines is 2. The number of hydrogen-bond acceptors (Lipinski definition) is 7. The third-order valence-corrected chi connectivity index (χ3v) is 7.02. The van der Waals surface area contributed by atoms with Crippen molar-refractivity contribution in [1.29, 1.82) is 0 Å². The second-order valence-corrected chi connectivity index (χ2v) is 9.27. The molecule has 0 aliphatic carbocycles. The highest BCUT2D eigenvalue weighted by Gasteiger charge is 2.19. The molecule has 1 amide bonds. The standard InChI is InChI=1S/C15H15N5O5S2/c1-20(2)27(24,25)11-4-3-9(26-11)7-17-13(21)8-5-10-12(16-6-8)18-15(23)19-14(10)22/h3-6H,7H2,1-2H3,(H,17,21)(H2,16,18,19,22,23). The van der Waals surface area contributed by atoms with Crippen LogP contribution in [0.2, 0.25) is 0 Å². The first-order valence-electron chi connectivity index (χ1n) is 7.60. The van der Waals surface area contributed by atoms with Gasteiger partial charge in [-0.3, -0.25) is 19.6 Å². The lowest BCUT2D eigenvalue weighted by Crippen LogP contribution is -2.25. The van der Waals surface area contributed by atoms with Gasteiger partial charge >= 0.3 is 5.69 Å². The summed E-state index contributed by atoms with van der Waals surface area (Å²) < 4.78 is 25.4. The zero-order valence-corrected chi connectivity index (χ0v) is 15.9. The van der Waals surface area contributed by atoms with Gasteiger partial charge in [0.15, 0.2) is 0 Å². The van der Waals surface area contributed by atoms with Crippen molar-refractivity contribution in [1.82, 2.24) is 24.6 Å². The van der Waals surface area contributed by atoms with Gasteiger partial charge in [-0.05, 0) is 18.2 Å². The van der Waals surface area contributed by atoms with E-state index < -0.39 is 27.2 Å². The van der Waals surface area contributed by atoms with Crippen LogP contribution in [-0.2, 0) is 16.6 Å². The number of H-pyrrole nitrogens is 2. The summed E-state index contributed by atoms with van der Waals surface area (Å²) in [4.78, 5) is 44.3. The number of fused-ring (bicyclic) bond motifs is 1. The molecule has 0 fully saturated rings. The van der Waals surface area contributed by atoms with Crippen LogP contribution >= 0.6 is 11.3 Å². The van der Waals surface area contributed by atoms with Crippen molar-refractivity contribution in [2.45, 2.75) is 10.8 Å². The van der Waals surface area contributed by atoms with Gasteiger partial charge in [-0.2, -0.15) is 0 Å². The van der Waals surface area contributed by atoms with Gasteiger partial charge in [0.2, 0.25) is 0 Å². The minimum Gasteiger partial charge on any atom is -0.347 e. The lowest BCUT2D eigenvalue weighted by molar-refractivity contribution is 0.0951. The van der Waals surface area contributed by atoms with Crippen LogP contribution < -0.4 is 16.6 Å². The highest BCUT2D eigenvalue weighted by atomic mass is 32.2. The molecule has 0 spiro atoms. The van der Waals surface area contributed by atoms with E-state index >= 15 is 0 Å². The molecule has 3 aromatic rings. The number of sulfonamides is 1. The van der Waals surface area contributed by atoms with Crippen molar-refractivity contribution in [2.75, 3.05) is 14.1 Å². The number of carbonyl (C=O) groups is 1. The Labute approximate surface area is 156 Å². The molecule has 3 N–H and O–H groups in total. The van der Waals surface area contributed by atoms with E-state index in [2.05, 4.69) is 20.3 Å². The van der Waals surface area contributed by atoms with E-state index in [0.717, 1.165) is 15.6 Å². The van der Waals surface area contributed by atoms with E-state index in [1.807, 2.05) is 0 Å². The Morgan fingerprint density at radius 2 is 2.00 bits per heavy atom. The van der Waals surface area contributed by atoms with Gasteiger partial charge < -0.3 is 5.32 Å². The number of hydrogen-bond donors (Lipinski definition) is 3. The zero-order chi connectivity index (χ0) is 19.8. The van der Waals surface area contributed by atoms with Crippen LogP contribution in [0.4, 0.5) is 0 Å². The highest BCUT2D eigenvalue weighted by molar-refractivity contribution is 7.91. The molecule has 3 heterocycles. The average Bonchev–Trinajstić information content (AvgIpc) is 3.09. The fourth-order valence-corrected chi connectivity index (χ4v) is 4.68. The van der Waals surface area contributed by atoms with E-state index in [4.69, 9.17) is 0 Å². The van der Waals surface area contributed by atoms with Crippen LogP contribution in [0.25, 0.3) is 11.0 Å². The van der Waals surface area contributed by atoms with Crippen molar-refractivity contribution < 1.29 is 13.2 Å². The van der Waals surface area contributed by atoms with Gasteiger partial charge in [0.1, 0.15) is 9.86 Å². The average molecular weight is 409 g/mol. The topological polar surface area (TPSA) is 145 Å². The maximum absolute atomic E-state index is 12.3. The fourth-order valence-electron chi connectivity index (χ4n) is 2.21. The van der Waals surface area contributed by atoms with Gasteiger partial charge in [-0.15, -0.1) is 11.3 Å². The maximum Gasteiger partial charge on any atom is 0.327 e. The van der Waals surface area contributed by atoms with E-state index in [-0.39, 0.29) is 27.4 Å². The summed E-state index contributed by atoms with van der Waals surface area (Å²) in [6, 6.07) is 4.42. The quantitative estimate of drug-likeness (QED) is 0.534. The summed E-state index contributed by atoms with van der Waals surface area (Å²) in [5.41, 5.74) is -1.11. The number of aromatic nitrogens is 3. The van der Waals surface area contributed by atoms with Crippen LogP contribution in [0.3, 0.4) is 0 Å². The molecule has 0 aromatic carbocycles. The first kappa shape index (κ1) is 18.9. The molecule has 12 heteroatoms. The molecule has 3 aromatic heterocycles. The summed E-state index contributed by atoms with van der Waals surface area (Å²) in [6.45, 7) is 0.118. The molecule has 27 heavy (non-hydrogen) atoms. The van der Waals surface area contributed by atoms with Crippen molar-refractivity contribution >= 4 is 38.3 Å². The van der Waals surface area contributed by atoms with Crippen LogP contribution in [0, 0.1) is 0 Å². The maximum atomic E-state index is 12.3. The summed E-state index contributed by atoms with van der Waals surface area (Å²) in [5.74, 6) is -0.486. The smallest absolute Gasteiger partial charge is 0.327 e. The number of amides is 1. The van der Waals surface area contributed by atoms with Gasteiger partial charge in [-0.25, -0.2) is 22.5 Å². The molecule has 3 rings (SSSR count). The predicted molar refractivity (Wildman–Crippen MR) is 99.3 cm³/mol. The van der Waals surface area contributed by atoms with E-state index in [9.17, 15) is 22.8 Å². The summed E-state index contributed by atoms with van der Waals surface area (Å²) in [5, 5.41) is 2.72. The van der Waals surface area contributed by atoms with Gasteiger partial charge in [0.05, 0.1) is 17.5 Å². The largest absolute Gasteiger partial charge is 0.347 e. The summed E-state index contributed by atoms with van der Waals surface area (Å²) in [6.07, 6.45) is 1.24. The Kier molecular flexibility index (Phi) is 4.95. The number of thiophene rings is 1. The third-order valence-electron chi connectivity index (χ3n) is 3.65. The minimum atomic E-state index is -3.52. The van der Waals surface area contributed by atoms with Crippen molar-refractivity contribution in [3.63, 3.8) is 0 Å². The second kappa shape index (κ2) is 7.06. The molecule has 0 bridgehead atoms. The van der Waals surface area contributed by atoms with E-state index in [1.54, 1.807) is 6.07 Å². The lowest BCUT2D eigenvalue weighted by Gasteiger charge is -2.08. The Morgan fingerprint density at radius 1 is 1.26 bits per heavy atom. The first-order chi connectivity index (χ1) is 12.7. The third kappa shape index (κ3) is 3.82. The molecule has 0 unspecified atom stereocenters. The molecule has 0 aliphatic heterocycles. The number of pyridine rings is 1. The Hall–Kier alpha value is -2.83. The molecular weight excluding hydrogens is 394 g/mol. The molecule has 10 nitrogen and oxygen atoms in total. The molecule has 0 aliphatic rings. The van der Waals surface area contributed by atoms with Crippen LogP contribution in [0.5, 0.6) is 0 Å². The lowest BCUT2D eigenvalue weighted by atomic mass is 10.2.